The number of ether oxygens (including phenoxy) is 2. The maximum Gasteiger partial charge on any atom is 0.238 e. The molecule has 1 aromatic carbocycles. The van der Waals surface area contributed by atoms with Crippen molar-refractivity contribution in [3.05, 3.63) is 42.6 Å². The maximum atomic E-state index is 12.4. The summed E-state index contributed by atoms with van der Waals surface area (Å²) in [4.78, 5) is 21.1. The molecule has 26 heavy (non-hydrogen) atoms. The number of methoxy groups -OCH3 is 2. The molecule has 1 aliphatic rings. The number of aromatic nitrogens is 1. The van der Waals surface area contributed by atoms with E-state index in [-0.39, 0.29) is 5.91 Å². The summed E-state index contributed by atoms with van der Waals surface area (Å²) < 4.78 is 10.5. The van der Waals surface area contributed by atoms with E-state index in [1.807, 2.05) is 18.2 Å². The van der Waals surface area contributed by atoms with Crippen molar-refractivity contribution in [2.24, 2.45) is 0 Å². The minimum atomic E-state index is -0.0495. The molecule has 7 nitrogen and oxygen atoms in total. The molecule has 1 aromatic heterocycles. The minimum Gasteiger partial charge on any atom is -0.497 e. The monoisotopic (exact) mass is 356 g/mol. The van der Waals surface area contributed by atoms with Crippen molar-refractivity contribution in [3.63, 3.8) is 0 Å². The number of amides is 1. The van der Waals surface area contributed by atoms with Gasteiger partial charge >= 0.3 is 0 Å². The number of pyridine rings is 1. The first-order valence-corrected chi connectivity index (χ1v) is 8.59. The third kappa shape index (κ3) is 4.64. The molecule has 2 heterocycles. The SMILES string of the molecule is COc1cc(NC(=O)CN2CCN(c3ccccn3)CC2)cc(OC)c1. The topological polar surface area (TPSA) is 66.9 Å². The van der Waals surface area contributed by atoms with E-state index in [4.69, 9.17) is 9.47 Å². The van der Waals surface area contributed by atoms with Crippen LogP contribution >= 0.6 is 0 Å². The Bertz CT molecular complexity index is 709. The number of carbonyl (C=O) groups is 1. The van der Waals surface area contributed by atoms with Crippen LogP contribution in [0.1, 0.15) is 0 Å². The van der Waals surface area contributed by atoms with E-state index in [1.54, 1.807) is 38.6 Å². The molecule has 0 bridgehead atoms. The molecule has 1 amide bonds. The van der Waals surface area contributed by atoms with Crippen molar-refractivity contribution in [2.75, 3.05) is 57.2 Å². The second-order valence-corrected chi connectivity index (χ2v) is 6.10. The average Bonchev–Trinajstić information content (AvgIpc) is 2.68. The number of hydrogen-bond donors (Lipinski definition) is 1. The Balaban J connectivity index is 1.52. The fourth-order valence-electron chi connectivity index (χ4n) is 2.96. The number of anilines is 2. The predicted molar refractivity (Wildman–Crippen MR) is 101 cm³/mol. The summed E-state index contributed by atoms with van der Waals surface area (Å²) in [6.45, 7) is 3.72. The summed E-state index contributed by atoms with van der Waals surface area (Å²) in [5.41, 5.74) is 0.665. The van der Waals surface area contributed by atoms with Crippen LogP contribution in [0.15, 0.2) is 42.6 Å². The number of nitrogens with one attached hydrogen (secondary N) is 1. The zero-order valence-electron chi connectivity index (χ0n) is 15.1. The molecule has 1 N–H and O–H groups in total. The van der Waals surface area contributed by atoms with Crippen LogP contribution in [0.2, 0.25) is 0 Å². The first kappa shape index (κ1) is 18.0. The summed E-state index contributed by atoms with van der Waals surface area (Å²) in [7, 11) is 3.17. The number of hydrogen-bond acceptors (Lipinski definition) is 6. The van der Waals surface area contributed by atoms with Crippen LogP contribution < -0.4 is 19.7 Å². The van der Waals surface area contributed by atoms with E-state index in [1.165, 1.54) is 0 Å². The number of benzene rings is 1. The number of nitrogens with zero attached hydrogens (tertiary/aromatic N) is 3. The Morgan fingerprint density at radius 1 is 1.08 bits per heavy atom. The van der Waals surface area contributed by atoms with E-state index in [2.05, 4.69) is 20.1 Å². The fourth-order valence-corrected chi connectivity index (χ4v) is 2.96. The van der Waals surface area contributed by atoms with Crippen LogP contribution in [-0.4, -0.2) is 62.7 Å². The Morgan fingerprint density at radius 2 is 1.77 bits per heavy atom. The normalized spacial score (nSPS) is 14.8. The van der Waals surface area contributed by atoms with Crippen molar-refractivity contribution < 1.29 is 14.3 Å². The van der Waals surface area contributed by atoms with Gasteiger partial charge in [0.2, 0.25) is 5.91 Å². The second-order valence-electron chi connectivity index (χ2n) is 6.10. The van der Waals surface area contributed by atoms with Gasteiger partial charge in [-0.2, -0.15) is 0 Å². The Kier molecular flexibility index (Phi) is 5.91. The van der Waals surface area contributed by atoms with E-state index < -0.39 is 0 Å². The molecular formula is C19H24N4O3. The van der Waals surface area contributed by atoms with Gasteiger partial charge in [-0.05, 0) is 12.1 Å². The first-order chi connectivity index (χ1) is 12.7. The highest BCUT2D eigenvalue weighted by Gasteiger charge is 2.20. The van der Waals surface area contributed by atoms with Crippen LogP contribution in [0.25, 0.3) is 0 Å². The van der Waals surface area contributed by atoms with Gasteiger partial charge in [0.15, 0.2) is 0 Å². The van der Waals surface area contributed by atoms with Crippen LogP contribution in [0.4, 0.5) is 11.5 Å². The van der Waals surface area contributed by atoms with Crippen molar-refractivity contribution in [1.29, 1.82) is 0 Å². The van der Waals surface area contributed by atoms with Gasteiger partial charge in [-0.15, -0.1) is 0 Å². The summed E-state index contributed by atoms with van der Waals surface area (Å²) in [6, 6.07) is 11.2. The largest absolute Gasteiger partial charge is 0.497 e. The van der Waals surface area contributed by atoms with Crippen molar-refractivity contribution >= 4 is 17.4 Å². The molecule has 0 atom stereocenters. The zero-order chi connectivity index (χ0) is 18.4. The Morgan fingerprint density at radius 3 is 2.35 bits per heavy atom. The summed E-state index contributed by atoms with van der Waals surface area (Å²) >= 11 is 0. The maximum absolute atomic E-state index is 12.4. The van der Waals surface area contributed by atoms with Crippen molar-refractivity contribution in [3.8, 4) is 11.5 Å². The van der Waals surface area contributed by atoms with Crippen LogP contribution in [0.3, 0.4) is 0 Å². The lowest BCUT2D eigenvalue weighted by molar-refractivity contribution is -0.117. The molecule has 0 unspecified atom stereocenters. The smallest absolute Gasteiger partial charge is 0.238 e. The second kappa shape index (κ2) is 8.53. The van der Waals surface area contributed by atoms with Gasteiger partial charge in [-0.25, -0.2) is 4.98 Å². The molecule has 138 valence electrons. The van der Waals surface area contributed by atoms with E-state index in [0.29, 0.717) is 23.7 Å². The highest BCUT2D eigenvalue weighted by Crippen LogP contribution is 2.25. The summed E-state index contributed by atoms with van der Waals surface area (Å²) in [5, 5.41) is 2.91. The molecule has 3 rings (SSSR count). The predicted octanol–water partition coefficient (Wildman–Crippen LogP) is 1.86. The van der Waals surface area contributed by atoms with E-state index in [0.717, 1.165) is 32.0 Å². The van der Waals surface area contributed by atoms with E-state index in [9.17, 15) is 4.79 Å². The van der Waals surface area contributed by atoms with Gasteiger partial charge in [0.25, 0.3) is 0 Å². The van der Waals surface area contributed by atoms with Crippen LogP contribution in [0, 0.1) is 0 Å². The molecule has 7 heteroatoms. The highest BCUT2D eigenvalue weighted by molar-refractivity contribution is 5.92. The molecule has 2 aromatic rings. The quantitative estimate of drug-likeness (QED) is 0.852. The lowest BCUT2D eigenvalue weighted by Crippen LogP contribution is -2.48. The van der Waals surface area contributed by atoms with Crippen molar-refractivity contribution in [1.82, 2.24) is 9.88 Å². The molecule has 1 saturated heterocycles. The molecule has 0 saturated carbocycles. The molecule has 0 radical (unpaired) electrons. The Hall–Kier alpha value is -2.80. The van der Waals surface area contributed by atoms with Gasteiger partial charge in [-0.1, -0.05) is 6.07 Å². The number of carbonyl (C=O) groups excluding carboxylic acids is 1. The Labute approximate surface area is 153 Å². The third-order valence-electron chi connectivity index (χ3n) is 4.35. The van der Waals surface area contributed by atoms with Gasteiger partial charge in [-0.3, -0.25) is 9.69 Å². The third-order valence-corrected chi connectivity index (χ3v) is 4.35. The molecule has 1 fully saturated rings. The molecule has 0 aliphatic carbocycles. The fraction of sp³-hybridized carbons (Fsp3) is 0.368. The first-order valence-electron chi connectivity index (χ1n) is 8.59. The molecule has 0 spiro atoms. The van der Waals surface area contributed by atoms with Gasteiger partial charge in [0, 0.05) is 56.3 Å². The molecule has 1 aliphatic heterocycles. The van der Waals surface area contributed by atoms with Gasteiger partial charge in [0.1, 0.15) is 17.3 Å². The number of rotatable bonds is 6. The lowest BCUT2D eigenvalue weighted by Gasteiger charge is -2.34. The molecular weight excluding hydrogens is 332 g/mol. The number of piperazine rings is 1. The van der Waals surface area contributed by atoms with Gasteiger partial charge < -0.3 is 19.7 Å². The average molecular weight is 356 g/mol. The van der Waals surface area contributed by atoms with Crippen molar-refractivity contribution in [2.45, 2.75) is 0 Å². The van der Waals surface area contributed by atoms with Gasteiger partial charge in [0.05, 0.1) is 20.8 Å². The standard InChI is InChI=1S/C19H24N4O3/c1-25-16-11-15(12-17(13-16)26-2)21-19(24)14-22-7-9-23(10-8-22)18-5-3-4-6-20-18/h3-6,11-13H,7-10,14H2,1-2H3,(H,21,24). The van der Waals surface area contributed by atoms with Crippen LogP contribution in [0.5, 0.6) is 11.5 Å². The minimum absolute atomic E-state index is 0.0495. The zero-order valence-corrected chi connectivity index (χ0v) is 15.1. The van der Waals surface area contributed by atoms with E-state index >= 15 is 0 Å². The summed E-state index contributed by atoms with van der Waals surface area (Å²) in [6.07, 6.45) is 1.80. The van der Waals surface area contributed by atoms with Crippen LogP contribution in [-0.2, 0) is 4.79 Å². The highest BCUT2D eigenvalue weighted by atomic mass is 16.5. The summed E-state index contributed by atoms with van der Waals surface area (Å²) in [5.74, 6) is 2.22. The lowest BCUT2D eigenvalue weighted by atomic mass is 10.2.